The summed E-state index contributed by atoms with van der Waals surface area (Å²) in [5.41, 5.74) is 0.945. The fourth-order valence-electron chi connectivity index (χ4n) is 2.83. The highest BCUT2D eigenvalue weighted by molar-refractivity contribution is 7.91. The van der Waals surface area contributed by atoms with E-state index in [1.54, 1.807) is 12.1 Å². The zero-order chi connectivity index (χ0) is 14.8. The maximum Gasteiger partial charge on any atom is 0.150 e. The molecule has 1 aliphatic rings. The molecule has 3 nitrogen and oxygen atoms in total. The van der Waals surface area contributed by atoms with E-state index in [1.165, 1.54) is 6.07 Å². The second-order valence-corrected chi connectivity index (χ2v) is 8.07. The predicted octanol–water partition coefficient (Wildman–Crippen LogP) is 2.29. The lowest BCUT2D eigenvalue weighted by molar-refractivity contribution is 0.352. The van der Waals surface area contributed by atoms with Crippen LogP contribution in [0.1, 0.15) is 12.0 Å². The third-order valence-electron chi connectivity index (χ3n) is 3.88. The van der Waals surface area contributed by atoms with Gasteiger partial charge in [0.2, 0.25) is 0 Å². The van der Waals surface area contributed by atoms with E-state index in [0.717, 1.165) is 12.1 Å². The first-order valence-corrected chi connectivity index (χ1v) is 8.90. The lowest BCUT2D eigenvalue weighted by atomic mass is 9.86. The molecule has 0 radical (unpaired) electrons. The van der Waals surface area contributed by atoms with Crippen LogP contribution in [0, 0.1) is 17.7 Å². The Morgan fingerprint density at radius 3 is 2.80 bits per heavy atom. The number of sulfone groups is 1. The predicted molar refractivity (Wildman–Crippen MR) is 79.3 cm³/mol. The molecule has 1 heterocycles. The van der Waals surface area contributed by atoms with Crippen LogP contribution in [0.15, 0.2) is 18.2 Å². The number of halogens is 2. The fraction of sp³-hybridized carbons (Fsp3) is 0.571. The van der Waals surface area contributed by atoms with Crippen molar-refractivity contribution < 1.29 is 12.8 Å². The Hall–Kier alpha value is -0.650. The van der Waals surface area contributed by atoms with E-state index < -0.39 is 15.7 Å². The molecule has 1 N–H and O–H groups in total. The average molecular weight is 320 g/mol. The Labute approximate surface area is 124 Å². The van der Waals surface area contributed by atoms with E-state index >= 15 is 0 Å². The summed E-state index contributed by atoms with van der Waals surface area (Å²) >= 11 is 5.79. The lowest BCUT2D eigenvalue weighted by Crippen LogP contribution is -2.28. The van der Waals surface area contributed by atoms with Gasteiger partial charge in [-0.1, -0.05) is 17.7 Å². The third-order valence-corrected chi connectivity index (χ3v) is 5.97. The van der Waals surface area contributed by atoms with Crippen molar-refractivity contribution in [3.8, 4) is 0 Å². The van der Waals surface area contributed by atoms with Crippen LogP contribution in [0.2, 0.25) is 5.02 Å². The molecule has 2 atom stereocenters. The van der Waals surface area contributed by atoms with Crippen LogP contribution in [-0.2, 0) is 16.3 Å². The Kier molecular flexibility index (Phi) is 5.04. The molecule has 1 fully saturated rings. The van der Waals surface area contributed by atoms with Crippen LogP contribution in [0.3, 0.4) is 0 Å². The minimum atomic E-state index is -2.88. The number of nitrogens with one attached hydrogen (secondary N) is 1. The van der Waals surface area contributed by atoms with Gasteiger partial charge in [0.1, 0.15) is 5.82 Å². The maximum atomic E-state index is 13.2. The molecule has 112 valence electrons. The summed E-state index contributed by atoms with van der Waals surface area (Å²) in [6, 6.07) is 4.70. The molecule has 20 heavy (non-hydrogen) atoms. The summed E-state index contributed by atoms with van der Waals surface area (Å²) in [4.78, 5) is 0. The molecule has 0 bridgehead atoms. The summed E-state index contributed by atoms with van der Waals surface area (Å²) in [6.45, 7) is 0.745. The second kappa shape index (κ2) is 6.41. The summed E-state index contributed by atoms with van der Waals surface area (Å²) in [7, 11) is -1.02. The van der Waals surface area contributed by atoms with Crippen LogP contribution in [-0.4, -0.2) is 33.5 Å². The standard InChI is InChI=1S/C14H19ClFNO2S/c1-17-8-12(11-4-5-20(18,19)9-11)6-10-2-3-14(16)13(15)7-10/h2-3,7,11-12,17H,4-6,8-9H2,1H3. The molecule has 1 saturated heterocycles. The summed E-state index contributed by atoms with van der Waals surface area (Å²) in [5.74, 6) is 0.496. The van der Waals surface area contributed by atoms with Gasteiger partial charge in [0.05, 0.1) is 16.5 Å². The fourth-order valence-corrected chi connectivity index (χ4v) is 4.96. The van der Waals surface area contributed by atoms with E-state index in [9.17, 15) is 12.8 Å². The second-order valence-electron chi connectivity index (χ2n) is 5.43. The van der Waals surface area contributed by atoms with E-state index in [4.69, 9.17) is 11.6 Å². The van der Waals surface area contributed by atoms with Gasteiger partial charge in [0.15, 0.2) is 9.84 Å². The number of hydrogen-bond acceptors (Lipinski definition) is 3. The molecule has 1 aromatic rings. The van der Waals surface area contributed by atoms with Crippen molar-refractivity contribution in [3.63, 3.8) is 0 Å². The quantitative estimate of drug-likeness (QED) is 0.906. The molecule has 0 spiro atoms. The Bertz CT molecular complexity index is 577. The third kappa shape index (κ3) is 3.93. The highest BCUT2D eigenvalue weighted by atomic mass is 35.5. The molecule has 1 aromatic carbocycles. The van der Waals surface area contributed by atoms with E-state index in [0.29, 0.717) is 12.8 Å². The van der Waals surface area contributed by atoms with E-state index in [2.05, 4.69) is 5.32 Å². The maximum absolute atomic E-state index is 13.2. The molecule has 0 aliphatic carbocycles. The summed E-state index contributed by atoms with van der Waals surface area (Å²) in [6.07, 6.45) is 1.42. The van der Waals surface area contributed by atoms with Crippen molar-refractivity contribution in [2.24, 2.45) is 11.8 Å². The van der Waals surface area contributed by atoms with Crippen LogP contribution in [0.25, 0.3) is 0 Å². The van der Waals surface area contributed by atoms with Gasteiger partial charge >= 0.3 is 0 Å². The number of benzene rings is 1. The molecule has 2 unspecified atom stereocenters. The first-order chi connectivity index (χ1) is 9.41. The van der Waals surface area contributed by atoms with Crippen LogP contribution in [0.5, 0.6) is 0 Å². The topological polar surface area (TPSA) is 46.2 Å². The molecular weight excluding hydrogens is 301 g/mol. The minimum Gasteiger partial charge on any atom is -0.319 e. The van der Waals surface area contributed by atoms with Gasteiger partial charge in [-0.05, 0) is 56.0 Å². The van der Waals surface area contributed by atoms with Crippen molar-refractivity contribution >= 4 is 21.4 Å². The van der Waals surface area contributed by atoms with Crippen molar-refractivity contribution in [1.29, 1.82) is 0 Å². The average Bonchev–Trinajstić information content (AvgIpc) is 2.74. The first-order valence-electron chi connectivity index (χ1n) is 6.70. The Morgan fingerprint density at radius 1 is 1.50 bits per heavy atom. The van der Waals surface area contributed by atoms with Crippen LogP contribution >= 0.6 is 11.6 Å². The van der Waals surface area contributed by atoms with Gasteiger partial charge < -0.3 is 5.32 Å². The van der Waals surface area contributed by atoms with Gasteiger partial charge in [0.25, 0.3) is 0 Å². The normalized spacial score (nSPS) is 22.9. The number of hydrogen-bond donors (Lipinski definition) is 1. The minimum absolute atomic E-state index is 0.116. The van der Waals surface area contributed by atoms with Gasteiger partial charge in [0, 0.05) is 0 Å². The van der Waals surface area contributed by atoms with Crippen molar-refractivity contribution in [1.82, 2.24) is 5.32 Å². The van der Waals surface area contributed by atoms with Crippen molar-refractivity contribution in [2.45, 2.75) is 12.8 Å². The smallest absolute Gasteiger partial charge is 0.150 e. The molecule has 2 rings (SSSR count). The van der Waals surface area contributed by atoms with E-state index in [-0.39, 0.29) is 28.4 Å². The zero-order valence-electron chi connectivity index (χ0n) is 11.4. The van der Waals surface area contributed by atoms with Crippen LogP contribution in [0.4, 0.5) is 4.39 Å². The van der Waals surface area contributed by atoms with Gasteiger partial charge in [-0.15, -0.1) is 0 Å². The van der Waals surface area contributed by atoms with Gasteiger partial charge in [-0.2, -0.15) is 0 Å². The SMILES string of the molecule is CNCC(Cc1ccc(F)c(Cl)c1)C1CCS(=O)(=O)C1. The largest absolute Gasteiger partial charge is 0.319 e. The Morgan fingerprint density at radius 2 is 2.25 bits per heavy atom. The summed E-state index contributed by atoms with van der Waals surface area (Å²) < 4.78 is 36.4. The molecule has 1 aliphatic heterocycles. The lowest BCUT2D eigenvalue weighted by Gasteiger charge is -2.22. The van der Waals surface area contributed by atoms with Crippen LogP contribution < -0.4 is 5.32 Å². The molecular formula is C14H19ClFNO2S. The Balaban J connectivity index is 2.11. The van der Waals surface area contributed by atoms with Gasteiger partial charge in [-0.25, -0.2) is 12.8 Å². The monoisotopic (exact) mass is 319 g/mol. The summed E-state index contributed by atoms with van der Waals surface area (Å²) in [5, 5.41) is 3.23. The van der Waals surface area contributed by atoms with E-state index in [1.807, 2.05) is 7.05 Å². The molecule has 0 aromatic heterocycles. The first kappa shape index (κ1) is 15.7. The molecule has 0 saturated carbocycles. The molecule has 0 amide bonds. The van der Waals surface area contributed by atoms with Gasteiger partial charge in [-0.3, -0.25) is 0 Å². The molecule has 6 heteroatoms. The zero-order valence-corrected chi connectivity index (χ0v) is 13.0. The van der Waals surface area contributed by atoms with Crippen molar-refractivity contribution in [2.75, 3.05) is 25.1 Å². The van der Waals surface area contributed by atoms with Crippen molar-refractivity contribution in [3.05, 3.63) is 34.6 Å². The number of rotatable bonds is 5. The highest BCUT2D eigenvalue weighted by Gasteiger charge is 2.33. The highest BCUT2D eigenvalue weighted by Crippen LogP contribution is 2.29.